The molecular formula is C27H29N5O7. The first-order chi connectivity index (χ1) is 18.4. The molecule has 12 heteroatoms. The van der Waals surface area contributed by atoms with Crippen LogP contribution in [0.25, 0.3) is 11.0 Å². The zero-order valence-corrected chi connectivity index (χ0v) is 22.2. The van der Waals surface area contributed by atoms with Crippen molar-refractivity contribution >= 4 is 40.7 Å². The second-order valence-corrected chi connectivity index (χ2v) is 9.54. The van der Waals surface area contributed by atoms with E-state index >= 15 is 0 Å². The summed E-state index contributed by atoms with van der Waals surface area (Å²) in [4.78, 5) is 70.6. The van der Waals surface area contributed by atoms with E-state index in [1.165, 1.54) is 26.4 Å². The Labute approximate surface area is 223 Å². The fourth-order valence-electron chi connectivity index (χ4n) is 3.33. The maximum atomic E-state index is 12.7. The van der Waals surface area contributed by atoms with E-state index in [4.69, 9.17) is 4.74 Å². The van der Waals surface area contributed by atoms with E-state index in [9.17, 15) is 24.0 Å². The largest absolute Gasteiger partial charge is 0.469 e. The van der Waals surface area contributed by atoms with Gasteiger partial charge in [0.1, 0.15) is 11.7 Å². The molecule has 0 saturated carbocycles. The summed E-state index contributed by atoms with van der Waals surface area (Å²) in [6.07, 6.45) is 1.50. The van der Waals surface area contributed by atoms with E-state index in [1.54, 1.807) is 39.1 Å². The Hall–Kier alpha value is -4.92. The van der Waals surface area contributed by atoms with Crippen LogP contribution >= 0.6 is 0 Å². The van der Waals surface area contributed by atoms with E-state index < -0.39 is 34.9 Å². The Kier molecular flexibility index (Phi) is 8.88. The normalized spacial score (nSPS) is 11.6. The van der Waals surface area contributed by atoms with E-state index in [-0.39, 0.29) is 41.3 Å². The number of hydrogen-bond acceptors (Lipinski definition) is 8. The Morgan fingerprint density at radius 3 is 2.36 bits per heavy atom. The molecule has 3 aromatic rings. The van der Waals surface area contributed by atoms with Gasteiger partial charge in [-0.2, -0.15) is 4.98 Å². The van der Waals surface area contributed by atoms with Crippen LogP contribution in [0.15, 0.2) is 35.3 Å². The lowest BCUT2D eigenvalue weighted by molar-refractivity contribution is -0.144. The zero-order valence-electron chi connectivity index (χ0n) is 22.2. The average Bonchev–Trinajstić information content (AvgIpc) is 3.32. The van der Waals surface area contributed by atoms with Crippen molar-refractivity contribution in [2.45, 2.75) is 39.7 Å². The molecule has 1 aromatic carbocycles. The number of esters is 2. The molecule has 0 aliphatic heterocycles. The summed E-state index contributed by atoms with van der Waals surface area (Å²) in [5.74, 6) is 3.85. The van der Waals surface area contributed by atoms with Gasteiger partial charge in [0, 0.05) is 29.2 Å². The van der Waals surface area contributed by atoms with Crippen LogP contribution < -0.4 is 16.2 Å². The van der Waals surface area contributed by atoms with Crippen LogP contribution in [-0.4, -0.2) is 59.0 Å². The number of amides is 2. The highest BCUT2D eigenvalue weighted by atomic mass is 16.5. The van der Waals surface area contributed by atoms with E-state index in [0.717, 1.165) is 0 Å². The Bertz CT molecular complexity index is 1520. The van der Waals surface area contributed by atoms with Crippen LogP contribution in [0.2, 0.25) is 0 Å². The minimum absolute atomic E-state index is 0.0255. The van der Waals surface area contributed by atoms with Crippen molar-refractivity contribution in [1.82, 2.24) is 20.3 Å². The van der Waals surface area contributed by atoms with Gasteiger partial charge in [-0.05, 0) is 30.7 Å². The fraction of sp³-hybridized carbons (Fsp3) is 0.333. The number of rotatable bonds is 7. The van der Waals surface area contributed by atoms with Crippen molar-refractivity contribution in [3.8, 4) is 11.8 Å². The molecule has 204 valence electrons. The smallest absolute Gasteiger partial charge is 0.328 e. The molecule has 2 heterocycles. The summed E-state index contributed by atoms with van der Waals surface area (Å²) in [6, 6.07) is 5.27. The molecule has 39 heavy (non-hydrogen) atoms. The second-order valence-electron chi connectivity index (χ2n) is 9.54. The SMILES string of the molecule is COC(=O)CC[C@H](NC(=O)c1ccc(C#Cc2c[nH]c3nc(NC(=O)C(C)(C)C)[nH]c(=O)c23)cc1)C(=O)OC. The third-order valence-corrected chi connectivity index (χ3v) is 5.60. The maximum Gasteiger partial charge on any atom is 0.328 e. The molecule has 0 radical (unpaired) electrons. The topological polar surface area (TPSA) is 172 Å². The first-order valence-corrected chi connectivity index (χ1v) is 11.9. The van der Waals surface area contributed by atoms with Crippen molar-refractivity contribution in [1.29, 1.82) is 0 Å². The van der Waals surface area contributed by atoms with Gasteiger partial charge in [0.05, 0.1) is 25.2 Å². The standard InChI is InChI=1S/C27H29N5O7/c1-27(2,3)25(37)32-26-30-21-20(23(35)31-26)17(14-28-21)11-8-15-6-9-16(10-7-15)22(34)29-18(24(36)39-5)12-13-19(33)38-4/h6-7,9-10,14,18H,12-13H2,1-5H3,(H,29,34)(H3,28,30,31,32,35,37)/t18-/m0/s1. The molecule has 0 aliphatic rings. The maximum absolute atomic E-state index is 12.7. The first-order valence-electron chi connectivity index (χ1n) is 11.9. The summed E-state index contributed by atoms with van der Waals surface area (Å²) in [6.45, 7) is 5.23. The third-order valence-electron chi connectivity index (χ3n) is 5.60. The number of carbonyl (C=O) groups is 4. The van der Waals surface area contributed by atoms with Crippen molar-refractivity contribution in [2.75, 3.05) is 19.5 Å². The van der Waals surface area contributed by atoms with Gasteiger partial charge >= 0.3 is 11.9 Å². The highest BCUT2D eigenvalue weighted by molar-refractivity contribution is 5.97. The molecule has 0 unspecified atom stereocenters. The van der Waals surface area contributed by atoms with Crippen LogP contribution in [0.5, 0.6) is 0 Å². The van der Waals surface area contributed by atoms with Crippen molar-refractivity contribution < 1.29 is 28.7 Å². The van der Waals surface area contributed by atoms with Gasteiger partial charge in [-0.1, -0.05) is 32.6 Å². The quantitative estimate of drug-likeness (QED) is 0.262. The Morgan fingerprint density at radius 1 is 1.05 bits per heavy atom. The van der Waals surface area contributed by atoms with Crippen LogP contribution in [0, 0.1) is 17.3 Å². The summed E-state index contributed by atoms with van der Waals surface area (Å²) >= 11 is 0. The van der Waals surface area contributed by atoms with E-state index in [0.29, 0.717) is 11.1 Å². The van der Waals surface area contributed by atoms with Crippen LogP contribution in [0.4, 0.5) is 5.95 Å². The lowest BCUT2D eigenvalue weighted by atomic mass is 9.96. The van der Waals surface area contributed by atoms with Gasteiger partial charge in [0.15, 0.2) is 0 Å². The van der Waals surface area contributed by atoms with Gasteiger partial charge < -0.3 is 19.8 Å². The molecule has 0 spiro atoms. The molecule has 0 fully saturated rings. The van der Waals surface area contributed by atoms with Crippen LogP contribution in [-0.2, 0) is 23.9 Å². The first kappa shape index (κ1) is 28.6. The van der Waals surface area contributed by atoms with E-state index in [2.05, 4.69) is 42.2 Å². The summed E-state index contributed by atoms with van der Waals surface area (Å²) in [5.41, 5.74) is 0.380. The number of H-pyrrole nitrogens is 2. The fourth-order valence-corrected chi connectivity index (χ4v) is 3.33. The number of ether oxygens (including phenoxy) is 2. The Balaban J connectivity index is 1.74. The lowest BCUT2D eigenvalue weighted by Gasteiger charge is -2.16. The molecule has 12 nitrogen and oxygen atoms in total. The van der Waals surface area contributed by atoms with Crippen LogP contribution in [0.3, 0.4) is 0 Å². The molecule has 1 atom stereocenters. The number of benzene rings is 1. The highest BCUT2D eigenvalue weighted by Crippen LogP contribution is 2.17. The van der Waals surface area contributed by atoms with E-state index in [1.807, 2.05) is 0 Å². The molecule has 0 saturated heterocycles. The Morgan fingerprint density at radius 2 is 1.74 bits per heavy atom. The van der Waals surface area contributed by atoms with Gasteiger partial charge in [-0.3, -0.25) is 29.5 Å². The molecular weight excluding hydrogens is 506 g/mol. The van der Waals surface area contributed by atoms with Crippen LogP contribution in [0.1, 0.15) is 55.1 Å². The van der Waals surface area contributed by atoms with Gasteiger partial charge in [0.25, 0.3) is 11.5 Å². The molecule has 0 bridgehead atoms. The highest BCUT2D eigenvalue weighted by Gasteiger charge is 2.24. The number of aromatic amines is 2. The van der Waals surface area contributed by atoms with Gasteiger partial charge in [0.2, 0.25) is 11.9 Å². The number of methoxy groups -OCH3 is 2. The zero-order chi connectivity index (χ0) is 28.7. The summed E-state index contributed by atoms with van der Waals surface area (Å²) in [7, 11) is 2.42. The third kappa shape index (κ3) is 7.32. The lowest BCUT2D eigenvalue weighted by Crippen LogP contribution is -2.41. The van der Waals surface area contributed by atoms with Crippen molar-refractivity contribution in [3.05, 3.63) is 57.5 Å². The predicted molar refractivity (Wildman–Crippen MR) is 142 cm³/mol. The van der Waals surface area contributed by atoms with Gasteiger partial charge in [-0.25, -0.2) is 4.79 Å². The molecule has 2 aromatic heterocycles. The number of nitrogens with zero attached hydrogens (tertiary/aromatic N) is 1. The minimum Gasteiger partial charge on any atom is -0.469 e. The number of carbonyl (C=O) groups excluding carboxylic acids is 4. The number of hydrogen-bond donors (Lipinski definition) is 4. The number of nitrogens with one attached hydrogen (secondary N) is 4. The molecule has 2 amide bonds. The van der Waals surface area contributed by atoms with Crippen molar-refractivity contribution in [2.24, 2.45) is 5.41 Å². The minimum atomic E-state index is -1.02. The number of anilines is 1. The molecule has 0 aliphatic carbocycles. The average molecular weight is 536 g/mol. The number of fused-ring (bicyclic) bond motifs is 1. The monoisotopic (exact) mass is 535 g/mol. The summed E-state index contributed by atoms with van der Waals surface area (Å²) < 4.78 is 9.27. The number of aromatic nitrogens is 3. The van der Waals surface area contributed by atoms with Crippen molar-refractivity contribution in [3.63, 3.8) is 0 Å². The second kappa shape index (κ2) is 12.1. The predicted octanol–water partition coefficient (Wildman–Crippen LogP) is 1.86. The molecule has 3 rings (SSSR count). The summed E-state index contributed by atoms with van der Waals surface area (Å²) in [5, 5.41) is 5.39. The molecule has 4 N–H and O–H groups in total. The van der Waals surface area contributed by atoms with Gasteiger partial charge in [-0.15, -0.1) is 0 Å².